The molecule has 1 saturated heterocycles. The molecule has 2 atom stereocenters. The molecule has 1 fully saturated rings. The summed E-state index contributed by atoms with van der Waals surface area (Å²) in [6.45, 7) is 3.95. The lowest BCUT2D eigenvalue weighted by Crippen LogP contribution is -2.35. The summed E-state index contributed by atoms with van der Waals surface area (Å²) in [5, 5.41) is 3.04. The van der Waals surface area contributed by atoms with Crippen LogP contribution in [0, 0.1) is 5.92 Å². The third-order valence-corrected chi connectivity index (χ3v) is 6.13. The number of methoxy groups -OCH3 is 2. The van der Waals surface area contributed by atoms with Gasteiger partial charge in [-0.15, -0.1) is 0 Å². The largest absolute Gasteiger partial charge is 0.493 e. The number of nitrogens with zero attached hydrogens (tertiary/aromatic N) is 1. The van der Waals surface area contributed by atoms with Gasteiger partial charge in [-0.1, -0.05) is 12.1 Å². The predicted molar refractivity (Wildman–Crippen MR) is 122 cm³/mol. The van der Waals surface area contributed by atoms with Crippen LogP contribution in [0.4, 0.5) is 0 Å². The van der Waals surface area contributed by atoms with Crippen LogP contribution in [0.1, 0.15) is 30.5 Å². The fraction of sp³-hybridized carbons (Fsp3) is 0.440. The summed E-state index contributed by atoms with van der Waals surface area (Å²) in [6.07, 6.45) is 0.902. The van der Waals surface area contributed by atoms with Crippen molar-refractivity contribution in [1.29, 1.82) is 0 Å². The molecule has 0 bridgehead atoms. The topological polar surface area (TPSA) is 86.3 Å². The van der Waals surface area contributed by atoms with Gasteiger partial charge in [0.05, 0.1) is 26.2 Å². The summed E-state index contributed by atoms with van der Waals surface area (Å²) in [6, 6.07) is 11.2. The molecule has 1 N–H and O–H groups in total. The molecule has 0 aromatic heterocycles. The Balaban J connectivity index is 1.31. The van der Waals surface area contributed by atoms with Gasteiger partial charge >= 0.3 is 0 Å². The third kappa shape index (κ3) is 5.16. The monoisotopic (exact) mass is 454 g/mol. The van der Waals surface area contributed by atoms with E-state index < -0.39 is 0 Å². The summed E-state index contributed by atoms with van der Waals surface area (Å²) in [5.41, 5.74) is 1.97. The summed E-state index contributed by atoms with van der Waals surface area (Å²) >= 11 is 0. The SMILES string of the molecule is COc1ccc(CCN2C[C@@H](C(=O)N[C@@H](C)c3ccc4c(c3)OCCO4)CC2=O)cc1OC. The second kappa shape index (κ2) is 10.0. The molecule has 8 nitrogen and oxygen atoms in total. The summed E-state index contributed by atoms with van der Waals surface area (Å²) in [7, 11) is 3.20. The van der Waals surface area contributed by atoms with Gasteiger partial charge in [-0.2, -0.15) is 0 Å². The summed E-state index contributed by atoms with van der Waals surface area (Å²) < 4.78 is 21.8. The Hall–Kier alpha value is -3.42. The number of carbonyl (C=O) groups is 2. The molecule has 0 spiro atoms. The first-order chi connectivity index (χ1) is 16.0. The number of rotatable bonds is 8. The first-order valence-corrected chi connectivity index (χ1v) is 11.2. The minimum absolute atomic E-state index is 0.00242. The molecule has 0 unspecified atom stereocenters. The number of nitrogens with one attached hydrogen (secondary N) is 1. The van der Waals surface area contributed by atoms with Gasteiger partial charge < -0.3 is 29.2 Å². The van der Waals surface area contributed by atoms with Gasteiger partial charge in [0.25, 0.3) is 0 Å². The number of benzene rings is 2. The van der Waals surface area contributed by atoms with Crippen LogP contribution < -0.4 is 24.3 Å². The molecule has 2 aliphatic rings. The Morgan fingerprint density at radius 3 is 2.61 bits per heavy atom. The zero-order chi connectivity index (χ0) is 23.4. The fourth-order valence-electron chi connectivity index (χ4n) is 4.21. The highest BCUT2D eigenvalue weighted by molar-refractivity contribution is 5.89. The van der Waals surface area contributed by atoms with Crippen LogP contribution in [0.5, 0.6) is 23.0 Å². The summed E-state index contributed by atoms with van der Waals surface area (Å²) in [4.78, 5) is 27.1. The molecule has 2 aromatic carbocycles. The lowest BCUT2D eigenvalue weighted by molar-refractivity contribution is -0.129. The zero-order valence-electron chi connectivity index (χ0n) is 19.3. The average molecular weight is 455 g/mol. The first kappa shape index (κ1) is 22.8. The van der Waals surface area contributed by atoms with Crippen LogP contribution in [0.15, 0.2) is 36.4 Å². The van der Waals surface area contributed by atoms with Crippen molar-refractivity contribution in [3.05, 3.63) is 47.5 Å². The number of likely N-dealkylation sites (tertiary alicyclic amines) is 1. The number of ether oxygens (including phenoxy) is 4. The van der Waals surface area contributed by atoms with Gasteiger partial charge in [0.1, 0.15) is 13.2 Å². The minimum atomic E-state index is -0.359. The Morgan fingerprint density at radius 1 is 1.09 bits per heavy atom. The summed E-state index contributed by atoms with van der Waals surface area (Å²) in [5.74, 6) is 2.27. The maximum atomic E-state index is 12.9. The highest BCUT2D eigenvalue weighted by Crippen LogP contribution is 2.33. The molecule has 2 amide bonds. The van der Waals surface area contributed by atoms with Crippen LogP contribution in [0.25, 0.3) is 0 Å². The fourth-order valence-corrected chi connectivity index (χ4v) is 4.21. The van der Waals surface area contributed by atoms with Gasteiger partial charge in [-0.05, 0) is 48.7 Å². The van der Waals surface area contributed by atoms with E-state index in [-0.39, 0.29) is 30.2 Å². The smallest absolute Gasteiger partial charge is 0.225 e. The molecule has 0 aliphatic carbocycles. The van der Waals surface area contributed by atoms with E-state index in [0.29, 0.717) is 50.0 Å². The Labute approximate surface area is 193 Å². The lowest BCUT2D eigenvalue weighted by Gasteiger charge is -2.22. The predicted octanol–water partition coefficient (Wildman–Crippen LogP) is 2.74. The number of carbonyl (C=O) groups excluding carboxylic acids is 2. The molecule has 4 rings (SSSR count). The van der Waals surface area contributed by atoms with Crippen molar-refractivity contribution < 1.29 is 28.5 Å². The van der Waals surface area contributed by atoms with Crippen molar-refractivity contribution >= 4 is 11.8 Å². The maximum Gasteiger partial charge on any atom is 0.225 e. The van der Waals surface area contributed by atoms with E-state index in [1.165, 1.54) is 0 Å². The molecular weight excluding hydrogens is 424 g/mol. The zero-order valence-corrected chi connectivity index (χ0v) is 19.3. The second-order valence-electron chi connectivity index (χ2n) is 8.31. The van der Waals surface area contributed by atoms with Crippen LogP contribution in [0.3, 0.4) is 0 Å². The number of hydrogen-bond donors (Lipinski definition) is 1. The van der Waals surface area contributed by atoms with Crippen molar-refractivity contribution in [2.45, 2.75) is 25.8 Å². The highest BCUT2D eigenvalue weighted by Gasteiger charge is 2.34. The van der Waals surface area contributed by atoms with E-state index in [1.807, 2.05) is 43.3 Å². The van der Waals surface area contributed by atoms with Crippen molar-refractivity contribution in [1.82, 2.24) is 10.2 Å². The third-order valence-electron chi connectivity index (χ3n) is 6.13. The van der Waals surface area contributed by atoms with Crippen molar-refractivity contribution in [2.75, 3.05) is 40.5 Å². The van der Waals surface area contributed by atoms with Gasteiger partial charge in [0.2, 0.25) is 11.8 Å². The van der Waals surface area contributed by atoms with E-state index in [4.69, 9.17) is 18.9 Å². The molecule has 2 aromatic rings. The molecule has 0 radical (unpaired) electrons. The van der Waals surface area contributed by atoms with E-state index in [9.17, 15) is 9.59 Å². The maximum absolute atomic E-state index is 12.9. The second-order valence-corrected chi connectivity index (χ2v) is 8.31. The Kier molecular flexibility index (Phi) is 6.91. The van der Waals surface area contributed by atoms with E-state index in [1.54, 1.807) is 19.1 Å². The van der Waals surface area contributed by atoms with Crippen molar-refractivity contribution in [2.24, 2.45) is 5.92 Å². The first-order valence-electron chi connectivity index (χ1n) is 11.2. The Bertz CT molecular complexity index is 1020. The lowest BCUT2D eigenvalue weighted by atomic mass is 10.0. The molecule has 0 saturated carbocycles. The quantitative estimate of drug-likeness (QED) is 0.660. The van der Waals surface area contributed by atoms with Crippen LogP contribution >= 0.6 is 0 Å². The van der Waals surface area contributed by atoms with Gasteiger partial charge in [-0.25, -0.2) is 0 Å². The number of amides is 2. The molecule has 8 heteroatoms. The van der Waals surface area contributed by atoms with Crippen molar-refractivity contribution in [3.63, 3.8) is 0 Å². The molecular formula is C25H30N2O6. The normalized spacial score (nSPS) is 18.1. The molecule has 33 heavy (non-hydrogen) atoms. The highest BCUT2D eigenvalue weighted by atomic mass is 16.6. The van der Waals surface area contributed by atoms with Crippen molar-refractivity contribution in [3.8, 4) is 23.0 Å². The average Bonchev–Trinajstić information content (AvgIpc) is 3.22. The van der Waals surface area contributed by atoms with E-state index >= 15 is 0 Å². The van der Waals surface area contributed by atoms with Gasteiger partial charge in [0.15, 0.2) is 23.0 Å². The molecule has 2 aliphatic heterocycles. The Morgan fingerprint density at radius 2 is 1.85 bits per heavy atom. The molecule has 2 heterocycles. The van der Waals surface area contributed by atoms with E-state index in [2.05, 4.69) is 5.32 Å². The molecule has 176 valence electrons. The standard InChI is InChI=1S/C25H30N2O6/c1-16(18-5-7-21-23(13-18)33-11-10-32-21)26-25(29)19-14-24(28)27(15-19)9-8-17-4-6-20(30-2)22(12-17)31-3/h4-7,12-13,16,19H,8-11,14-15H2,1-3H3,(H,26,29)/t16-,19-/m0/s1. The number of fused-ring (bicyclic) bond motifs is 1. The minimum Gasteiger partial charge on any atom is -0.493 e. The number of hydrogen-bond acceptors (Lipinski definition) is 6. The van der Waals surface area contributed by atoms with Gasteiger partial charge in [0, 0.05) is 19.5 Å². The van der Waals surface area contributed by atoms with Gasteiger partial charge in [-0.3, -0.25) is 9.59 Å². The van der Waals surface area contributed by atoms with Crippen LogP contribution in [-0.4, -0.2) is 57.2 Å². The van der Waals surface area contributed by atoms with Crippen LogP contribution in [-0.2, 0) is 16.0 Å². The van der Waals surface area contributed by atoms with E-state index in [0.717, 1.165) is 16.9 Å². The van der Waals surface area contributed by atoms with Crippen LogP contribution in [0.2, 0.25) is 0 Å².